The molecule has 0 aliphatic carbocycles. The lowest BCUT2D eigenvalue weighted by atomic mass is 10.2. The number of carbonyl (C=O) groups excluding carboxylic acids is 2. The zero-order chi connectivity index (χ0) is 12.1. The van der Waals surface area contributed by atoms with Crippen molar-refractivity contribution >= 4 is 29.1 Å². The molecule has 2 amide bonds. The number of primary amides is 1. The van der Waals surface area contributed by atoms with Crippen molar-refractivity contribution in [3.05, 3.63) is 22.4 Å². The summed E-state index contributed by atoms with van der Waals surface area (Å²) in [5, 5.41) is 14.2. The Balaban J connectivity index is 2.65. The molecule has 1 aromatic rings. The average Bonchev–Trinajstić information content (AvgIpc) is 2.68. The SMILES string of the molecule is NC(=O)C[C@H](NC(=O)c1ccsc1)C(=O)O. The number of carboxylic acids is 1. The number of amides is 2. The van der Waals surface area contributed by atoms with Gasteiger partial charge in [0, 0.05) is 5.38 Å². The van der Waals surface area contributed by atoms with E-state index in [4.69, 9.17) is 10.8 Å². The van der Waals surface area contributed by atoms with Gasteiger partial charge in [-0.3, -0.25) is 9.59 Å². The molecule has 4 N–H and O–H groups in total. The fourth-order valence-electron chi connectivity index (χ4n) is 1.04. The van der Waals surface area contributed by atoms with Crippen molar-refractivity contribution in [1.29, 1.82) is 0 Å². The number of aliphatic carboxylic acids is 1. The Morgan fingerprint density at radius 3 is 2.62 bits per heavy atom. The van der Waals surface area contributed by atoms with Crippen LogP contribution in [0.5, 0.6) is 0 Å². The molecule has 86 valence electrons. The third-order valence-corrected chi connectivity index (χ3v) is 2.48. The molecule has 0 fully saturated rings. The summed E-state index contributed by atoms with van der Waals surface area (Å²) in [6.07, 6.45) is -0.425. The Kier molecular flexibility index (Phi) is 4.01. The van der Waals surface area contributed by atoms with E-state index >= 15 is 0 Å². The van der Waals surface area contributed by atoms with E-state index < -0.39 is 30.2 Å². The summed E-state index contributed by atoms with van der Waals surface area (Å²) in [5.41, 5.74) is 5.24. The van der Waals surface area contributed by atoms with Crippen LogP contribution in [0.1, 0.15) is 16.8 Å². The number of carboxylic acid groups (broad SMARTS) is 1. The van der Waals surface area contributed by atoms with E-state index in [-0.39, 0.29) is 0 Å². The molecule has 0 bridgehead atoms. The van der Waals surface area contributed by atoms with Gasteiger partial charge >= 0.3 is 5.97 Å². The highest BCUT2D eigenvalue weighted by molar-refractivity contribution is 7.08. The predicted octanol–water partition coefficient (Wildman–Crippen LogP) is -0.194. The van der Waals surface area contributed by atoms with E-state index in [1.807, 2.05) is 0 Å². The van der Waals surface area contributed by atoms with Gasteiger partial charge in [0.1, 0.15) is 6.04 Å². The fraction of sp³-hybridized carbons (Fsp3) is 0.222. The minimum Gasteiger partial charge on any atom is -0.480 e. The normalized spacial score (nSPS) is 11.8. The Bertz CT molecular complexity index is 402. The molecule has 0 saturated heterocycles. The molecule has 0 aliphatic rings. The molecule has 7 heteroatoms. The number of nitrogens with one attached hydrogen (secondary N) is 1. The van der Waals surface area contributed by atoms with Gasteiger partial charge in [0.05, 0.1) is 12.0 Å². The standard InChI is InChI=1S/C9H10N2O4S/c10-7(12)3-6(9(14)15)11-8(13)5-1-2-16-4-5/h1-2,4,6H,3H2,(H2,10,12)(H,11,13)(H,14,15)/t6-/m0/s1. The van der Waals surface area contributed by atoms with E-state index in [0.717, 1.165) is 0 Å². The number of carbonyl (C=O) groups is 3. The first kappa shape index (κ1) is 12.2. The molecule has 0 saturated carbocycles. The number of hydrogen-bond acceptors (Lipinski definition) is 4. The maximum Gasteiger partial charge on any atom is 0.326 e. The second-order valence-electron chi connectivity index (χ2n) is 3.05. The summed E-state index contributed by atoms with van der Waals surface area (Å²) < 4.78 is 0. The molecular formula is C9H10N2O4S. The van der Waals surface area contributed by atoms with E-state index in [1.54, 1.807) is 16.8 Å². The van der Waals surface area contributed by atoms with Crippen LogP contribution in [0.3, 0.4) is 0 Å². The Morgan fingerprint density at radius 1 is 1.50 bits per heavy atom. The molecular weight excluding hydrogens is 232 g/mol. The molecule has 0 aliphatic heterocycles. The van der Waals surface area contributed by atoms with Gasteiger partial charge in [-0.25, -0.2) is 4.79 Å². The first-order valence-electron chi connectivity index (χ1n) is 4.35. The summed E-state index contributed by atoms with van der Waals surface area (Å²) in [6.45, 7) is 0. The fourth-order valence-corrected chi connectivity index (χ4v) is 1.67. The first-order chi connectivity index (χ1) is 7.50. The van der Waals surface area contributed by atoms with Gasteiger partial charge in [-0.2, -0.15) is 11.3 Å². The molecule has 0 radical (unpaired) electrons. The zero-order valence-electron chi connectivity index (χ0n) is 8.17. The number of nitrogens with two attached hydrogens (primary N) is 1. The van der Waals surface area contributed by atoms with Gasteiger partial charge in [0.2, 0.25) is 5.91 Å². The highest BCUT2D eigenvalue weighted by Crippen LogP contribution is 2.06. The molecule has 16 heavy (non-hydrogen) atoms. The topological polar surface area (TPSA) is 109 Å². The Labute approximate surface area is 95.1 Å². The molecule has 1 aromatic heterocycles. The zero-order valence-corrected chi connectivity index (χ0v) is 8.99. The number of hydrogen-bond donors (Lipinski definition) is 3. The summed E-state index contributed by atoms with van der Waals surface area (Å²) in [4.78, 5) is 32.8. The molecule has 1 rings (SSSR count). The summed E-state index contributed by atoms with van der Waals surface area (Å²) in [7, 11) is 0. The molecule has 0 unspecified atom stereocenters. The van der Waals surface area contributed by atoms with E-state index in [9.17, 15) is 14.4 Å². The molecule has 1 atom stereocenters. The summed E-state index contributed by atoms with van der Waals surface area (Å²) in [5.74, 6) is -2.60. The van der Waals surface area contributed by atoms with Crippen LogP contribution in [-0.2, 0) is 9.59 Å². The summed E-state index contributed by atoms with van der Waals surface area (Å²) >= 11 is 1.32. The van der Waals surface area contributed by atoms with Gasteiger partial charge in [-0.05, 0) is 11.4 Å². The lowest BCUT2D eigenvalue weighted by Gasteiger charge is -2.11. The van der Waals surface area contributed by atoms with Crippen molar-refractivity contribution in [2.75, 3.05) is 0 Å². The van der Waals surface area contributed by atoms with E-state index in [1.165, 1.54) is 11.3 Å². The van der Waals surface area contributed by atoms with Gasteiger partial charge < -0.3 is 16.2 Å². The maximum absolute atomic E-state index is 11.5. The number of thiophene rings is 1. The van der Waals surface area contributed by atoms with E-state index in [0.29, 0.717) is 5.56 Å². The smallest absolute Gasteiger partial charge is 0.326 e. The second kappa shape index (κ2) is 5.26. The van der Waals surface area contributed by atoms with Crippen LogP contribution in [0, 0.1) is 0 Å². The Hall–Kier alpha value is -1.89. The lowest BCUT2D eigenvalue weighted by molar-refractivity contribution is -0.140. The van der Waals surface area contributed by atoms with Crippen molar-refractivity contribution in [3.8, 4) is 0 Å². The monoisotopic (exact) mass is 242 g/mol. The highest BCUT2D eigenvalue weighted by atomic mass is 32.1. The summed E-state index contributed by atoms with van der Waals surface area (Å²) in [6, 6.07) is 0.272. The first-order valence-corrected chi connectivity index (χ1v) is 5.29. The van der Waals surface area contributed by atoms with Crippen LogP contribution >= 0.6 is 11.3 Å². The van der Waals surface area contributed by atoms with Gasteiger partial charge in [0.15, 0.2) is 0 Å². The molecule has 0 spiro atoms. The minimum absolute atomic E-state index is 0.362. The molecule has 0 aromatic carbocycles. The largest absolute Gasteiger partial charge is 0.480 e. The predicted molar refractivity (Wildman–Crippen MR) is 57.0 cm³/mol. The van der Waals surface area contributed by atoms with Gasteiger partial charge in [-0.15, -0.1) is 0 Å². The third-order valence-electron chi connectivity index (χ3n) is 1.79. The third kappa shape index (κ3) is 3.35. The van der Waals surface area contributed by atoms with Gasteiger partial charge in [0.25, 0.3) is 5.91 Å². The molecule has 6 nitrogen and oxygen atoms in total. The van der Waals surface area contributed by atoms with Crippen molar-refractivity contribution in [1.82, 2.24) is 5.32 Å². The quantitative estimate of drug-likeness (QED) is 0.664. The van der Waals surface area contributed by atoms with Crippen LogP contribution < -0.4 is 11.1 Å². The maximum atomic E-state index is 11.5. The number of rotatable bonds is 5. The van der Waals surface area contributed by atoms with Crippen molar-refractivity contribution in [2.45, 2.75) is 12.5 Å². The second-order valence-corrected chi connectivity index (χ2v) is 3.83. The highest BCUT2D eigenvalue weighted by Gasteiger charge is 2.22. The minimum atomic E-state index is -1.29. The van der Waals surface area contributed by atoms with Crippen LogP contribution in [0.4, 0.5) is 0 Å². The van der Waals surface area contributed by atoms with E-state index in [2.05, 4.69) is 5.32 Å². The Morgan fingerprint density at radius 2 is 2.19 bits per heavy atom. The van der Waals surface area contributed by atoms with Crippen LogP contribution in [0.2, 0.25) is 0 Å². The van der Waals surface area contributed by atoms with Crippen LogP contribution in [0.25, 0.3) is 0 Å². The average molecular weight is 242 g/mol. The van der Waals surface area contributed by atoms with Crippen molar-refractivity contribution in [3.63, 3.8) is 0 Å². The van der Waals surface area contributed by atoms with Crippen LogP contribution in [0.15, 0.2) is 16.8 Å². The lowest BCUT2D eigenvalue weighted by Crippen LogP contribution is -2.43. The molecule has 1 heterocycles. The van der Waals surface area contributed by atoms with Crippen molar-refractivity contribution < 1.29 is 19.5 Å². The van der Waals surface area contributed by atoms with Gasteiger partial charge in [-0.1, -0.05) is 0 Å². The van der Waals surface area contributed by atoms with Crippen molar-refractivity contribution in [2.24, 2.45) is 5.73 Å². The van der Waals surface area contributed by atoms with Crippen LogP contribution in [-0.4, -0.2) is 28.9 Å².